The molecule has 8 heteroatoms. The fourth-order valence-electron chi connectivity index (χ4n) is 4.55. The third kappa shape index (κ3) is 8.17. The maximum absolute atomic E-state index is 13.9. The average molecular weight is 535 g/mol. The lowest BCUT2D eigenvalue weighted by Crippen LogP contribution is -2.62. The number of hydrogen-bond donors (Lipinski definition) is 3. The van der Waals surface area contributed by atoms with E-state index < -0.39 is 30.1 Å². The predicted octanol–water partition coefficient (Wildman–Crippen LogP) is 3.38. The van der Waals surface area contributed by atoms with Gasteiger partial charge in [0, 0.05) is 6.20 Å². The van der Waals surface area contributed by atoms with Crippen molar-refractivity contribution in [3.8, 4) is 5.75 Å². The van der Waals surface area contributed by atoms with Crippen molar-refractivity contribution in [1.82, 2.24) is 20.9 Å². The zero-order valence-corrected chi connectivity index (χ0v) is 23.8. The zero-order chi connectivity index (χ0) is 28.5. The van der Waals surface area contributed by atoms with Crippen LogP contribution in [0.4, 0.5) is 0 Å². The van der Waals surface area contributed by atoms with Crippen LogP contribution < -0.4 is 20.7 Å². The zero-order valence-electron chi connectivity index (χ0n) is 23.8. The second kappa shape index (κ2) is 13.9. The molecular weight excluding hydrogens is 492 g/mol. The molecule has 2 aliphatic heterocycles. The summed E-state index contributed by atoms with van der Waals surface area (Å²) in [6.07, 6.45) is 3.85. The molecule has 2 aromatic carbocycles. The van der Waals surface area contributed by atoms with Crippen molar-refractivity contribution in [2.75, 3.05) is 14.1 Å². The summed E-state index contributed by atoms with van der Waals surface area (Å²) < 4.78 is 6.35. The molecule has 0 unspecified atom stereocenters. The number of likely N-dealkylation sites (N-methyl/N-ethyl adjacent to an activating group) is 1. The summed E-state index contributed by atoms with van der Waals surface area (Å²) in [5.41, 5.74) is 1.91. The van der Waals surface area contributed by atoms with E-state index in [1.54, 1.807) is 12.3 Å². The smallest absolute Gasteiger partial charge is 0.247 e. The molecule has 2 bridgehead atoms. The van der Waals surface area contributed by atoms with Gasteiger partial charge in [0.05, 0.1) is 6.04 Å². The molecule has 39 heavy (non-hydrogen) atoms. The number of hydrogen-bond acceptors (Lipinski definition) is 5. The third-order valence-electron chi connectivity index (χ3n) is 7.21. The van der Waals surface area contributed by atoms with E-state index in [4.69, 9.17) is 4.74 Å². The number of fused-ring (bicyclic) bond motifs is 10. The summed E-state index contributed by atoms with van der Waals surface area (Å²) in [7, 11) is 3.69. The maximum atomic E-state index is 13.9. The first-order valence-electron chi connectivity index (χ1n) is 13.7. The van der Waals surface area contributed by atoms with E-state index in [0.29, 0.717) is 18.6 Å². The summed E-state index contributed by atoms with van der Waals surface area (Å²) in [5, 5.41) is 8.73. The molecule has 0 spiro atoms. The van der Waals surface area contributed by atoms with Crippen LogP contribution in [0.3, 0.4) is 0 Å². The van der Waals surface area contributed by atoms with Gasteiger partial charge < -0.3 is 20.7 Å². The average Bonchev–Trinajstić information content (AvgIpc) is 2.92. The van der Waals surface area contributed by atoms with Crippen LogP contribution in [0.5, 0.6) is 5.75 Å². The number of nitrogens with zero attached hydrogens (tertiary/aromatic N) is 1. The molecule has 210 valence electrons. The number of amides is 3. The molecule has 0 radical (unpaired) electrons. The van der Waals surface area contributed by atoms with E-state index in [1.165, 1.54) is 0 Å². The van der Waals surface area contributed by atoms with Gasteiger partial charge in [0.1, 0.15) is 23.9 Å². The van der Waals surface area contributed by atoms with Gasteiger partial charge in [-0.3, -0.25) is 19.3 Å². The second-order valence-corrected chi connectivity index (χ2v) is 10.8. The minimum Gasteiger partial charge on any atom is -0.487 e. The number of ether oxygens (including phenoxy) is 1. The number of carbonyl (C=O) groups is 3. The normalized spacial score (nSPS) is 22.3. The van der Waals surface area contributed by atoms with Crippen LogP contribution in [0, 0.1) is 11.8 Å². The van der Waals surface area contributed by atoms with E-state index in [-0.39, 0.29) is 23.7 Å². The molecule has 0 aromatic heterocycles. The highest BCUT2D eigenvalue weighted by Crippen LogP contribution is 2.21. The van der Waals surface area contributed by atoms with Crippen molar-refractivity contribution in [3.05, 3.63) is 71.9 Å². The Kier molecular flexibility index (Phi) is 10.7. The molecule has 2 aliphatic rings. The quantitative estimate of drug-likeness (QED) is 0.482. The van der Waals surface area contributed by atoms with Gasteiger partial charge in [0.2, 0.25) is 17.7 Å². The van der Waals surface area contributed by atoms with Gasteiger partial charge in [0.25, 0.3) is 0 Å². The van der Waals surface area contributed by atoms with Gasteiger partial charge in [0.15, 0.2) is 0 Å². The Hall–Kier alpha value is -3.65. The number of carbonyl (C=O) groups excluding carboxylic acids is 3. The van der Waals surface area contributed by atoms with E-state index in [0.717, 1.165) is 11.1 Å². The van der Waals surface area contributed by atoms with Crippen LogP contribution in [0.1, 0.15) is 45.2 Å². The molecule has 0 saturated heterocycles. The highest BCUT2D eigenvalue weighted by molar-refractivity contribution is 5.94. The van der Waals surface area contributed by atoms with Gasteiger partial charge in [-0.15, -0.1) is 0 Å². The van der Waals surface area contributed by atoms with Crippen molar-refractivity contribution in [3.63, 3.8) is 0 Å². The van der Waals surface area contributed by atoms with Crippen LogP contribution in [-0.4, -0.2) is 60.9 Å². The number of nitrogens with one attached hydrogen (secondary N) is 3. The minimum atomic E-state index is -1.03. The standard InChI is InChI=1S/C31H42N4O4/c1-7-21(4)26-30(37)32-18-17-22-13-15-24(16-14-22)39-28(20(2)3)27(31(38)33-26)34-29(36)25(35(5)6)19-23-11-9-8-10-12-23/h8-18,20-21,25-28H,7,19H2,1-6H3,(H,32,37)(H,33,38)(H,34,36)/b18-17-/t21-,25+,26+,27+,28+/m1/s1. The minimum absolute atomic E-state index is 0.128. The Balaban J connectivity index is 1.99. The monoisotopic (exact) mass is 534 g/mol. The Morgan fingerprint density at radius 1 is 1.00 bits per heavy atom. The summed E-state index contributed by atoms with van der Waals surface area (Å²) in [4.78, 5) is 42.6. The number of benzene rings is 2. The molecule has 2 aromatic rings. The Bertz CT molecular complexity index is 1130. The van der Waals surface area contributed by atoms with Crippen LogP contribution >= 0.6 is 0 Å². The molecular formula is C31H42N4O4. The van der Waals surface area contributed by atoms with Crippen molar-refractivity contribution >= 4 is 23.8 Å². The summed E-state index contributed by atoms with van der Waals surface area (Å²) in [5.74, 6) is -0.734. The van der Waals surface area contributed by atoms with Gasteiger partial charge in [-0.25, -0.2) is 0 Å². The molecule has 0 aliphatic carbocycles. The lowest BCUT2D eigenvalue weighted by molar-refractivity contribution is -0.136. The van der Waals surface area contributed by atoms with E-state index in [2.05, 4.69) is 16.0 Å². The molecule has 0 saturated carbocycles. The largest absolute Gasteiger partial charge is 0.487 e. The van der Waals surface area contributed by atoms with Crippen LogP contribution in [0.15, 0.2) is 60.8 Å². The Morgan fingerprint density at radius 3 is 2.26 bits per heavy atom. The van der Waals surface area contributed by atoms with Crippen molar-refractivity contribution in [1.29, 1.82) is 0 Å². The molecule has 4 rings (SSSR count). The Morgan fingerprint density at radius 2 is 1.67 bits per heavy atom. The first-order valence-corrected chi connectivity index (χ1v) is 13.7. The SMILES string of the molecule is CC[C@@H](C)[C@@H]1NC(=O)[C@@H](NC(=O)[C@H](Cc2ccccc2)N(C)C)[C@H](C(C)C)Oc2ccc(cc2)/C=C\NC1=O. The third-order valence-corrected chi connectivity index (χ3v) is 7.21. The topological polar surface area (TPSA) is 99.8 Å². The maximum Gasteiger partial charge on any atom is 0.247 e. The first-order chi connectivity index (χ1) is 18.6. The van der Waals surface area contributed by atoms with Gasteiger partial charge >= 0.3 is 0 Å². The van der Waals surface area contributed by atoms with Crippen LogP contribution in [-0.2, 0) is 20.8 Å². The lowest BCUT2D eigenvalue weighted by Gasteiger charge is -2.34. The first kappa shape index (κ1) is 29.9. The predicted molar refractivity (Wildman–Crippen MR) is 154 cm³/mol. The van der Waals surface area contributed by atoms with Crippen molar-refractivity contribution in [2.45, 2.75) is 64.8 Å². The lowest BCUT2D eigenvalue weighted by atomic mass is 9.94. The van der Waals surface area contributed by atoms with Crippen LogP contribution in [0.2, 0.25) is 0 Å². The molecule has 0 fully saturated rings. The highest BCUT2D eigenvalue weighted by atomic mass is 16.5. The fraction of sp³-hybridized carbons (Fsp3) is 0.452. The molecule has 8 nitrogen and oxygen atoms in total. The van der Waals surface area contributed by atoms with E-state index >= 15 is 0 Å². The summed E-state index contributed by atoms with van der Waals surface area (Å²) >= 11 is 0. The van der Waals surface area contributed by atoms with Gasteiger partial charge in [-0.05, 0) is 61.7 Å². The fourth-order valence-corrected chi connectivity index (χ4v) is 4.55. The van der Waals surface area contributed by atoms with Gasteiger partial charge in [-0.2, -0.15) is 0 Å². The molecule has 5 atom stereocenters. The van der Waals surface area contributed by atoms with E-state index in [9.17, 15) is 14.4 Å². The summed E-state index contributed by atoms with van der Waals surface area (Å²) in [6, 6.07) is 14.8. The van der Waals surface area contributed by atoms with E-state index in [1.807, 2.05) is 101 Å². The Labute approximate surface area is 232 Å². The van der Waals surface area contributed by atoms with Crippen LogP contribution in [0.25, 0.3) is 6.08 Å². The molecule has 2 heterocycles. The summed E-state index contributed by atoms with van der Waals surface area (Å²) in [6.45, 7) is 7.78. The van der Waals surface area contributed by atoms with Crippen molar-refractivity contribution in [2.24, 2.45) is 11.8 Å². The van der Waals surface area contributed by atoms with Crippen molar-refractivity contribution < 1.29 is 19.1 Å². The molecule has 3 N–H and O–H groups in total. The van der Waals surface area contributed by atoms with Gasteiger partial charge in [-0.1, -0.05) is 76.6 Å². The molecule has 3 amide bonds. The second-order valence-electron chi connectivity index (χ2n) is 10.8. The highest BCUT2D eigenvalue weighted by Gasteiger charge is 2.38. The number of rotatable bonds is 8.